The average Bonchev–Trinajstić information content (AvgIpc) is 2.47. The molecule has 1 aromatic rings. The highest BCUT2D eigenvalue weighted by Gasteiger charge is 2.37. The van der Waals surface area contributed by atoms with Gasteiger partial charge < -0.3 is 9.94 Å². The third-order valence-corrected chi connectivity index (χ3v) is 4.54. The highest BCUT2D eigenvalue weighted by Crippen LogP contribution is 2.44. The highest BCUT2D eigenvalue weighted by atomic mass is 35.5. The molecule has 0 saturated carbocycles. The van der Waals surface area contributed by atoms with E-state index in [1.165, 1.54) is 5.06 Å². The molecular formula is C14H20ClNO2. The largest absolute Gasteiger partial charge is 0.493 e. The van der Waals surface area contributed by atoms with Gasteiger partial charge >= 0.3 is 0 Å². The van der Waals surface area contributed by atoms with E-state index in [9.17, 15) is 5.21 Å². The zero-order valence-corrected chi connectivity index (χ0v) is 12.1. The van der Waals surface area contributed by atoms with Crippen LogP contribution in [-0.2, 0) is 5.54 Å². The molecule has 1 aliphatic rings. The molecule has 0 bridgehead atoms. The lowest BCUT2D eigenvalue weighted by Crippen LogP contribution is -2.39. The lowest BCUT2D eigenvalue weighted by molar-refractivity contribution is -0.153. The molecule has 2 rings (SSSR count). The summed E-state index contributed by atoms with van der Waals surface area (Å²) in [7, 11) is 1.68. The Morgan fingerprint density at radius 2 is 2.11 bits per heavy atom. The Labute approximate surface area is 113 Å². The van der Waals surface area contributed by atoms with Crippen molar-refractivity contribution in [2.45, 2.75) is 39.2 Å². The topological polar surface area (TPSA) is 32.7 Å². The number of hydrogen-bond acceptors (Lipinski definition) is 3. The summed E-state index contributed by atoms with van der Waals surface area (Å²) in [6.45, 7) is 6.67. The molecule has 100 valence electrons. The van der Waals surface area contributed by atoms with Crippen molar-refractivity contribution in [3.05, 3.63) is 27.8 Å². The second-order valence-corrected chi connectivity index (χ2v) is 5.63. The first-order valence-corrected chi connectivity index (χ1v) is 6.61. The minimum absolute atomic E-state index is 0.451. The quantitative estimate of drug-likeness (QED) is 0.790. The van der Waals surface area contributed by atoms with E-state index in [1.54, 1.807) is 7.05 Å². The lowest BCUT2D eigenvalue weighted by atomic mass is 9.83. The van der Waals surface area contributed by atoms with Gasteiger partial charge in [-0.15, -0.1) is 0 Å². The molecule has 1 unspecified atom stereocenters. The monoisotopic (exact) mass is 269 g/mol. The van der Waals surface area contributed by atoms with Crippen molar-refractivity contribution in [3.8, 4) is 5.75 Å². The Morgan fingerprint density at radius 1 is 1.44 bits per heavy atom. The van der Waals surface area contributed by atoms with Gasteiger partial charge in [-0.2, -0.15) is 5.06 Å². The number of aryl methyl sites for hydroxylation is 1. The van der Waals surface area contributed by atoms with Gasteiger partial charge in [-0.25, -0.2) is 0 Å². The molecule has 0 radical (unpaired) electrons. The Morgan fingerprint density at radius 3 is 2.72 bits per heavy atom. The number of fused-ring (bicyclic) bond motifs is 1. The van der Waals surface area contributed by atoms with E-state index in [-0.39, 0.29) is 0 Å². The zero-order valence-electron chi connectivity index (χ0n) is 11.4. The fourth-order valence-corrected chi connectivity index (χ4v) is 2.90. The summed E-state index contributed by atoms with van der Waals surface area (Å²) >= 11 is 6.34. The number of nitrogens with zero attached hydrogens (tertiary/aromatic N) is 1. The van der Waals surface area contributed by atoms with Crippen LogP contribution in [0.1, 0.15) is 36.5 Å². The number of ether oxygens (including phenoxy) is 1. The van der Waals surface area contributed by atoms with Crippen LogP contribution in [0.2, 0.25) is 5.02 Å². The standard InChI is InChI=1S/C14H20ClNO2/c1-9-8-11-12(10(2)13(9)15)14(3,16(4)17)6-5-7-18-11/h8,17H,5-7H2,1-4H3. The summed E-state index contributed by atoms with van der Waals surface area (Å²) in [5.74, 6) is 0.843. The van der Waals surface area contributed by atoms with Gasteiger partial charge in [-0.05, 0) is 50.8 Å². The molecule has 1 aliphatic heterocycles. The predicted molar refractivity (Wildman–Crippen MR) is 72.6 cm³/mol. The van der Waals surface area contributed by atoms with E-state index in [4.69, 9.17) is 16.3 Å². The molecular weight excluding hydrogens is 250 g/mol. The van der Waals surface area contributed by atoms with Gasteiger partial charge in [-0.3, -0.25) is 0 Å². The van der Waals surface area contributed by atoms with Crippen molar-refractivity contribution < 1.29 is 9.94 Å². The maximum Gasteiger partial charge on any atom is 0.125 e. The summed E-state index contributed by atoms with van der Waals surface area (Å²) in [4.78, 5) is 0. The summed E-state index contributed by atoms with van der Waals surface area (Å²) in [6, 6.07) is 1.97. The lowest BCUT2D eigenvalue weighted by Gasteiger charge is -2.36. The molecule has 4 heteroatoms. The van der Waals surface area contributed by atoms with Crippen LogP contribution in [0, 0.1) is 13.8 Å². The number of benzene rings is 1. The normalized spacial score (nSPS) is 23.5. The third-order valence-electron chi connectivity index (χ3n) is 3.96. The van der Waals surface area contributed by atoms with Crippen LogP contribution in [0.3, 0.4) is 0 Å². The molecule has 0 spiro atoms. The van der Waals surface area contributed by atoms with E-state index < -0.39 is 5.54 Å². The van der Waals surface area contributed by atoms with Gasteiger partial charge in [0.2, 0.25) is 0 Å². The number of halogens is 1. The van der Waals surface area contributed by atoms with Crippen LogP contribution >= 0.6 is 11.6 Å². The van der Waals surface area contributed by atoms with Crippen LogP contribution in [0.4, 0.5) is 0 Å². The molecule has 0 aliphatic carbocycles. The minimum atomic E-state index is -0.451. The highest BCUT2D eigenvalue weighted by molar-refractivity contribution is 6.32. The van der Waals surface area contributed by atoms with Gasteiger partial charge in [0.15, 0.2) is 0 Å². The van der Waals surface area contributed by atoms with E-state index in [2.05, 4.69) is 0 Å². The van der Waals surface area contributed by atoms with Crippen molar-refractivity contribution >= 4 is 11.6 Å². The summed E-state index contributed by atoms with van der Waals surface area (Å²) in [5, 5.41) is 12.1. The first-order chi connectivity index (χ1) is 8.38. The van der Waals surface area contributed by atoms with E-state index in [0.717, 1.165) is 40.3 Å². The Kier molecular flexibility index (Phi) is 3.58. The van der Waals surface area contributed by atoms with Gasteiger partial charge in [0, 0.05) is 17.6 Å². The third kappa shape index (κ3) is 2.00. The number of hydroxylamine groups is 2. The fourth-order valence-electron chi connectivity index (χ4n) is 2.75. The Bertz CT molecular complexity index is 473. The average molecular weight is 270 g/mol. The van der Waals surface area contributed by atoms with Crippen LogP contribution in [-0.4, -0.2) is 23.9 Å². The second kappa shape index (κ2) is 4.72. The molecule has 1 heterocycles. The van der Waals surface area contributed by atoms with Crippen molar-refractivity contribution in [1.29, 1.82) is 0 Å². The van der Waals surface area contributed by atoms with Crippen molar-refractivity contribution in [2.24, 2.45) is 0 Å². The van der Waals surface area contributed by atoms with Crippen LogP contribution < -0.4 is 4.74 Å². The predicted octanol–water partition coefficient (Wildman–Crippen LogP) is 3.67. The first-order valence-electron chi connectivity index (χ1n) is 6.23. The minimum Gasteiger partial charge on any atom is -0.493 e. The second-order valence-electron chi connectivity index (χ2n) is 5.26. The SMILES string of the molecule is Cc1cc2c(c(C)c1Cl)C(C)(N(C)O)CCCO2. The molecule has 18 heavy (non-hydrogen) atoms. The van der Waals surface area contributed by atoms with Gasteiger partial charge in [0.1, 0.15) is 5.75 Å². The fraction of sp³-hybridized carbons (Fsp3) is 0.571. The number of rotatable bonds is 1. The maximum absolute atomic E-state index is 10.0. The molecule has 1 atom stereocenters. The van der Waals surface area contributed by atoms with E-state index >= 15 is 0 Å². The first kappa shape index (κ1) is 13.7. The molecule has 0 aromatic heterocycles. The van der Waals surface area contributed by atoms with Crippen LogP contribution in [0.15, 0.2) is 6.07 Å². The molecule has 0 fully saturated rings. The van der Waals surface area contributed by atoms with Crippen molar-refractivity contribution in [2.75, 3.05) is 13.7 Å². The summed E-state index contributed by atoms with van der Waals surface area (Å²) in [5.41, 5.74) is 2.56. The van der Waals surface area contributed by atoms with Crippen molar-refractivity contribution in [3.63, 3.8) is 0 Å². The van der Waals surface area contributed by atoms with E-state index in [1.807, 2.05) is 26.8 Å². The molecule has 0 amide bonds. The van der Waals surface area contributed by atoms with Crippen LogP contribution in [0.5, 0.6) is 5.75 Å². The van der Waals surface area contributed by atoms with Crippen LogP contribution in [0.25, 0.3) is 0 Å². The van der Waals surface area contributed by atoms with E-state index in [0.29, 0.717) is 6.61 Å². The molecule has 1 N–H and O–H groups in total. The summed E-state index contributed by atoms with van der Waals surface area (Å²) in [6.07, 6.45) is 1.75. The Hall–Kier alpha value is -0.770. The Balaban J connectivity index is 2.71. The zero-order chi connectivity index (χ0) is 13.5. The van der Waals surface area contributed by atoms with Gasteiger partial charge in [0.25, 0.3) is 0 Å². The molecule has 3 nitrogen and oxygen atoms in total. The number of hydrogen-bond donors (Lipinski definition) is 1. The maximum atomic E-state index is 10.0. The molecule has 1 aromatic carbocycles. The van der Waals surface area contributed by atoms with Gasteiger partial charge in [0.05, 0.1) is 12.1 Å². The molecule has 0 saturated heterocycles. The summed E-state index contributed by atoms with van der Waals surface area (Å²) < 4.78 is 5.81. The smallest absolute Gasteiger partial charge is 0.125 e. The van der Waals surface area contributed by atoms with Crippen molar-refractivity contribution in [1.82, 2.24) is 5.06 Å². The van der Waals surface area contributed by atoms with Gasteiger partial charge in [-0.1, -0.05) is 11.6 Å².